The average molecular weight is 224 g/mol. The summed E-state index contributed by atoms with van der Waals surface area (Å²) in [5, 5.41) is 7.31. The Labute approximate surface area is 101 Å². The summed E-state index contributed by atoms with van der Waals surface area (Å²) < 4.78 is 0. The van der Waals surface area contributed by atoms with Crippen molar-refractivity contribution in [3.63, 3.8) is 0 Å². The third kappa shape index (κ3) is 2.78. The standard InChI is InChI=1S/C14H28N2/c1-13(2)11-12(13)16-10-9-14(15-3)7-5-4-6-8-14/h12,15-16H,4-11H2,1-3H3. The molecule has 1 unspecified atom stereocenters. The summed E-state index contributed by atoms with van der Waals surface area (Å²) >= 11 is 0. The first-order chi connectivity index (χ1) is 7.58. The molecule has 2 N–H and O–H groups in total. The Balaban J connectivity index is 1.71. The highest BCUT2D eigenvalue weighted by atomic mass is 15.0. The van der Waals surface area contributed by atoms with Crippen LogP contribution in [-0.4, -0.2) is 25.2 Å². The molecule has 0 radical (unpaired) electrons. The maximum absolute atomic E-state index is 3.71. The zero-order chi connectivity index (χ0) is 11.6. The molecule has 2 rings (SSSR count). The largest absolute Gasteiger partial charge is 0.314 e. The van der Waals surface area contributed by atoms with E-state index in [9.17, 15) is 0 Å². The zero-order valence-corrected chi connectivity index (χ0v) is 11.2. The molecule has 0 aliphatic heterocycles. The zero-order valence-electron chi connectivity index (χ0n) is 11.2. The minimum Gasteiger partial charge on any atom is -0.314 e. The lowest BCUT2D eigenvalue weighted by molar-refractivity contribution is 0.227. The lowest BCUT2D eigenvalue weighted by Crippen LogP contribution is -2.46. The van der Waals surface area contributed by atoms with Gasteiger partial charge in [-0.3, -0.25) is 0 Å². The number of hydrogen-bond donors (Lipinski definition) is 2. The molecule has 2 fully saturated rings. The number of nitrogens with one attached hydrogen (secondary N) is 2. The average Bonchev–Trinajstić information content (AvgIpc) is 2.88. The topological polar surface area (TPSA) is 24.1 Å². The maximum Gasteiger partial charge on any atom is 0.0190 e. The predicted octanol–water partition coefficient (Wildman–Crippen LogP) is 2.69. The normalized spacial score (nSPS) is 31.3. The van der Waals surface area contributed by atoms with Crippen molar-refractivity contribution in [2.24, 2.45) is 5.41 Å². The summed E-state index contributed by atoms with van der Waals surface area (Å²) in [6.07, 6.45) is 9.67. The van der Waals surface area contributed by atoms with Crippen molar-refractivity contribution in [2.75, 3.05) is 13.6 Å². The predicted molar refractivity (Wildman–Crippen MR) is 69.7 cm³/mol. The molecule has 0 amide bonds. The van der Waals surface area contributed by atoms with Crippen LogP contribution in [0.5, 0.6) is 0 Å². The van der Waals surface area contributed by atoms with Gasteiger partial charge in [-0.2, -0.15) is 0 Å². The molecule has 94 valence electrons. The van der Waals surface area contributed by atoms with E-state index in [1.54, 1.807) is 0 Å². The molecule has 2 aliphatic carbocycles. The number of hydrogen-bond acceptors (Lipinski definition) is 2. The third-order valence-corrected chi connectivity index (χ3v) is 4.85. The van der Waals surface area contributed by atoms with Crippen LogP contribution in [0.4, 0.5) is 0 Å². The molecule has 2 nitrogen and oxygen atoms in total. The molecule has 0 saturated heterocycles. The fourth-order valence-corrected chi connectivity index (χ4v) is 3.15. The highest BCUT2D eigenvalue weighted by molar-refractivity contribution is 5.02. The van der Waals surface area contributed by atoms with Crippen LogP contribution in [0, 0.1) is 5.41 Å². The second-order valence-electron chi connectivity index (χ2n) is 6.54. The molecule has 2 aliphatic rings. The first kappa shape index (κ1) is 12.4. The highest BCUT2D eigenvalue weighted by Crippen LogP contribution is 2.44. The molecule has 16 heavy (non-hydrogen) atoms. The van der Waals surface area contributed by atoms with Crippen LogP contribution in [0.3, 0.4) is 0 Å². The molecular formula is C14H28N2. The van der Waals surface area contributed by atoms with Gasteiger partial charge >= 0.3 is 0 Å². The first-order valence-electron chi connectivity index (χ1n) is 7.00. The van der Waals surface area contributed by atoms with Gasteiger partial charge in [0, 0.05) is 11.6 Å². The molecule has 0 aromatic heterocycles. The van der Waals surface area contributed by atoms with E-state index in [1.165, 1.54) is 51.5 Å². The Bertz CT molecular complexity index is 229. The van der Waals surface area contributed by atoms with E-state index in [2.05, 4.69) is 31.5 Å². The van der Waals surface area contributed by atoms with Crippen LogP contribution in [0.15, 0.2) is 0 Å². The Morgan fingerprint density at radius 3 is 2.25 bits per heavy atom. The Morgan fingerprint density at radius 1 is 1.12 bits per heavy atom. The van der Waals surface area contributed by atoms with E-state index < -0.39 is 0 Å². The quantitative estimate of drug-likeness (QED) is 0.750. The Kier molecular flexibility index (Phi) is 3.60. The Hall–Kier alpha value is -0.0800. The Morgan fingerprint density at radius 2 is 1.75 bits per heavy atom. The molecule has 0 heterocycles. The van der Waals surface area contributed by atoms with Gasteiger partial charge < -0.3 is 10.6 Å². The van der Waals surface area contributed by atoms with Crippen molar-refractivity contribution in [3.05, 3.63) is 0 Å². The lowest BCUT2D eigenvalue weighted by Gasteiger charge is -2.37. The van der Waals surface area contributed by atoms with Gasteiger partial charge in [-0.1, -0.05) is 33.1 Å². The number of rotatable bonds is 5. The molecular weight excluding hydrogens is 196 g/mol. The first-order valence-corrected chi connectivity index (χ1v) is 7.00. The van der Waals surface area contributed by atoms with E-state index >= 15 is 0 Å². The molecule has 1 atom stereocenters. The highest BCUT2D eigenvalue weighted by Gasteiger charge is 2.45. The van der Waals surface area contributed by atoms with Crippen molar-refractivity contribution >= 4 is 0 Å². The summed E-state index contributed by atoms with van der Waals surface area (Å²) in [6.45, 7) is 5.91. The van der Waals surface area contributed by atoms with Gasteiger partial charge in [-0.05, 0) is 44.7 Å². The summed E-state index contributed by atoms with van der Waals surface area (Å²) in [5.74, 6) is 0. The van der Waals surface area contributed by atoms with Crippen LogP contribution in [0.1, 0.15) is 58.8 Å². The molecule has 0 bridgehead atoms. The smallest absolute Gasteiger partial charge is 0.0190 e. The second-order valence-corrected chi connectivity index (χ2v) is 6.54. The lowest BCUT2D eigenvalue weighted by atomic mass is 9.79. The van der Waals surface area contributed by atoms with Gasteiger partial charge in [0.05, 0.1) is 0 Å². The fraction of sp³-hybridized carbons (Fsp3) is 1.00. The third-order valence-electron chi connectivity index (χ3n) is 4.85. The van der Waals surface area contributed by atoms with Crippen molar-refractivity contribution in [2.45, 2.75) is 70.4 Å². The van der Waals surface area contributed by atoms with Gasteiger partial charge in [-0.25, -0.2) is 0 Å². The van der Waals surface area contributed by atoms with Gasteiger partial charge in [0.15, 0.2) is 0 Å². The molecule has 2 heteroatoms. The SMILES string of the molecule is CNC1(CCNC2CC2(C)C)CCCCC1. The van der Waals surface area contributed by atoms with E-state index in [1.807, 2.05) is 0 Å². The van der Waals surface area contributed by atoms with Crippen LogP contribution in [-0.2, 0) is 0 Å². The van der Waals surface area contributed by atoms with E-state index in [0.717, 1.165) is 6.04 Å². The van der Waals surface area contributed by atoms with Crippen LogP contribution in [0.25, 0.3) is 0 Å². The molecule has 0 spiro atoms. The van der Waals surface area contributed by atoms with E-state index in [-0.39, 0.29) is 0 Å². The fourth-order valence-electron chi connectivity index (χ4n) is 3.15. The van der Waals surface area contributed by atoms with Crippen molar-refractivity contribution < 1.29 is 0 Å². The second kappa shape index (κ2) is 4.66. The maximum atomic E-state index is 3.71. The summed E-state index contributed by atoms with van der Waals surface area (Å²) in [7, 11) is 2.15. The minimum atomic E-state index is 0.449. The minimum absolute atomic E-state index is 0.449. The van der Waals surface area contributed by atoms with Gasteiger partial charge in [0.25, 0.3) is 0 Å². The van der Waals surface area contributed by atoms with Crippen molar-refractivity contribution in [1.29, 1.82) is 0 Å². The van der Waals surface area contributed by atoms with Crippen LogP contribution >= 0.6 is 0 Å². The van der Waals surface area contributed by atoms with Gasteiger partial charge in [0.1, 0.15) is 0 Å². The summed E-state index contributed by atoms with van der Waals surface area (Å²) in [5.41, 5.74) is 1.02. The van der Waals surface area contributed by atoms with Gasteiger partial charge in [-0.15, -0.1) is 0 Å². The molecule has 0 aromatic carbocycles. The monoisotopic (exact) mass is 224 g/mol. The van der Waals surface area contributed by atoms with Gasteiger partial charge in [0.2, 0.25) is 0 Å². The van der Waals surface area contributed by atoms with E-state index in [4.69, 9.17) is 0 Å². The van der Waals surface area contributed by atoms with Crippen molar-refractivity contribution in [1.82, 2.24) is 10.6 Å². The summed E-state index contributed by atoms with van der Waals surface area (Å²) in [6, 6.07) is 0.782. The van der Waals surface area contributed by atoms with Crippen molar-refractivity contribution in [3.8, 4) is 0 Å². The summed E-state index contributed by atoms with van der Waals surface area (Å²) in [4.78, 5) is 0. The van der Waals surface area contributed by atoms with E-state index in [0.29, 0.717) is 11.0 Å². The van der Waals surface area contributed by atoms with Crippen LogP contribution < -0.4 is 10.6 Å². The molecule has 0 aromatic rings. The van der Waals surface area contributed by atoms with Crippen LogP contribution in [0.2, 0.25) is 0 Å². The molecule has 2 saturated carbocycles.